The molecule has 0 unspecified atom stereocenters. The van der Waals surface area contributed by atoms with Crippen molar-refractivity contribution in [1.29, 1.82) is 0 Å². The van der Waals surface area contributed by atoms with Crippen molar-refractivity contribution in [2.45, 2.75) is 30.9 Å². The first-order chi connectivity index (χ1) is 10.3. The van der Waals surface area contributed by atoms with Gasteiger partial charge >= 0.3 is 0 Å². The molecule has 0 aliphatic carbocycles. The van der Waals surface area contributed by atoms with E-state index in [1.807, 2.05) is 0 Å². The second kappa shape index (κ2) is 6.70. The Hall–Kier alpha value is -1.54. The first-order valence-corrected chi connectivity index (χ1v) is 8.28. The molecule has 0 spiro atoms. The molecule has 4 nitrogen and oxygen atoms in total. The number of amides is 1. The smallest absolute Gasteiger partial charge is 0.231 e. The molecule has 0 fully saturated rings. The van der Waals surface area contributed by atoms with Crippen LogP contribution in [-0.4, -0.2) is 16.1 Å². The lowest BCUT2D eigenvalue weighted by atomic mass is 9.96. The van der Waals surface area contributed by atoms with Crippen molar-refractivity contribution in [2.24, 2.45) is 5.41 Å². The SMILES string of the molecule is CC(C)(C)C(=O)Nc1nnc(SCc2c(F)cccc2F)s1. The van der Waals surface area contributed by atoms with Gasteiger partial charge < -0.3 is 5.32 Å². The van der Waals surface area contributed by atoms with Gasteiger partial charge in [0.1, 0.15) is 11.6 Å². The van der Waals surface area contributed by atoms with Gasteiger partial charge in [0, 0.05) is 16.7 Å². The average molecular weight is 343 g/mol. The van der Waals surface area contributed by atoms with E-state index in [9.17, 15) is 13.6 Å². The molecule has 1 amide bonds. The fraction of sp³-hybridized carbons (Fsp3) is 0.357. The summed E-state index contributed by atoms with van der Waals surface area (Å²) in [5.74, 6) is -1.22. The van der Waals surface area contributed by atoms with E-state index in [0.717, 1.165) is 0 Å². The monoisotopic (exact) mass is 343 g/mol. The zero-order valence-electron chi connectivity index (χ0n) is 12.3. The van der Waals surface area contributed by atoms with E-state index in [2.05, 4.69) is 15.5 Å². The van der Waals surface area contributed by atoms with Gasteiger partial charge in [-0.1, -0.05) is 49.9 Å². The maximum Gasteiger partial charge on any atom is 0.231 e. The second-order valence-corrected chi connectivity index (χ2v) is 7.77. The third kappa shape index (κ3) is 4.23. The van der Waals surface area contributed by atoms with Crippen LogP contribution in [0, 0.1) is 17.0 Å². The van der Waals surface area contributed by atoms with Crippen molar-refractivity contribution < 1.29 is 13.6 Å². The summed E-state index contributed by atoms with van der Waals surface area (Å²) in [5.41, 5.74) is -0.530. The highest BCUT2D eigenvalue weighted by Gasteiger charge is 2.22. The molecule has 1 heterocycles. The number of halogens is 2. The minimum Gasteiger partial charge on any atom is -0.300 e. The van der Waals surface area contributed by atoms with Crippen LogP contribution in [-0.2, 0) is 10.5 Å². The van der Waals surface area contributed by atoms with Crippen molar-refractivity contribution in [1.82, 2.24) is 10.2 Å². The molecule has 0 aliphatic heterocycles. The highest BCUT2D eigenvalue weighted by Crippen LogP contribution is 2.30. The number of benzene rings is 1. The Morgan fingerprint density at radius 1 is 1.27 bits per heavy atom. The number of anilines is 1. The highest BCUT2D eigenvalue weighted by atomic mass is 32.2. The first-order valence-electron chi connectivity index (χ1n) is 6.48. The minimum atomic E-state index is -0.585. The molecular weight excluding hydrogens is 328 g/mol. The van der Waals surface area contributed by atoms with Crippen molar-refractivity contribution >= 4 is 34.1 Å². The van der Waals surface area contributed by atoms with E-state index in [0.29, 0.717) is 9.47 Å². The number of hydrogen-bond donors (Lipinski definition) is 1. The third-order valence-electron chi connectivity index (χ3n) is 2.71. The summed E-state index contributed by atoms with van der Waals surface area (Å²) in [7, 11) is 0. The molecule has 22 heavy (non-hydrogen) atoms. The number of thioether (sulfide) groups is 1. The third-order valence-corrected chi connectivity index (χ3v) is 4.71. The van der Waals surface area contributed by atoms with Gasteiger partial charge in [-0.15, -0.1) is 10.2 Å². The van der Waals surface area contributed by atoms with Gasteiger partial charge in [-0.05, 0) is 12.1 Å². The van der Waals surface area contributed by atoms with E-state index >= 15 is 0 Å². The van der Waals surface area contributed by atoms with Crippen LogP contribution in [0.4, 0.5) is 13.9 Å². The van der Waals surface area contributed by atoms with Crippen LogP contribution in [0.1, 0.15) is 26.3 Å². The number of rotatable bonds is 4. The summed E-state index contributed by atoms with van der Waals surface area (Å²) in [5, 5.41) is 10.8. The Labute approximate surface area is 135 Å². The van der Waals surface area contributed by atoms with Gasteiger partial charge in [0.25, 0.3) is 0 Å². The van der Waals surface area contributed by atoms with Gasteiger partial charge in [-0.3, -0.25) is 4.79 Å². The standard InChI is InChI=1S/C14H15F2N3OS2/c1-14(2,3)11(20)17-12-18-19-13(22-12)21-7-8-9(15)5-4-6-10(8)16/h4-6H,7H2,1-3H3,(H,17,18,20). The molecule has 0 atom stereocenters. The summed E-state index contributed by atoms with van der Waals surface area (Å²) >= 11 is 2.34. The predicted molar refractivity (Wildman–Crippen MR) is 83.9 cm³/mol. The number of aromatic nitrogens is 2. The van der Waals surface area contributed by atoms with Gasteiger partial charge in [0.05, 0.1) is 0 Å². The second-order valence-electron chi connectivity index (χ2n) is 5.57. The molecule has 2 rings (SSSR count). The lowest BCUT2D eigenvalue weighted by Crippen LogP contribution is -2.27. The number of hydrogen-bond acceptors (Lipinski definition) is 5. The van der Waals surface area contributed by atoms with E-state index in [4.69, 9.17) is 0 Å². The molecule has 1 aromatic carbocycles. The lowest BCUT2D eigenvalue weighted by Gasteiger charge is -2.15. The predicted octanol–water partition coefficient (Wildman–Crippen LogP) is 4.09. The van der Waals surface area contributed by atoms with Gasteiger partial charge in [0.2, 0.25) is 11.0 Å². The minimum absolute atomic E-state index is 0.00276. The van der Waals surface area contributed by atoms with Crippen LogP contribution in [0.3, 0.4) is 0 Å². The maximum atomic E-state index is 13.5. The van der Waals surface area contributed by atoms with Crippen molar-refractivity contribution in [2.75, 3.05) is 5.32 Å². The molecule has 0 bridgehead atoms. The first kappa shape index (κ1) is 16.8. The Bertz CT molecular complexity index is 663. The summed E-state index contributed by atoms with van der Waals surface area (Å²) in [6.07, 6.45) is 0. The van der Waals surface area contributed by atoms with Crippen LogP contribution in [0.25, 0.3) is 0 Å². The summed E-state index contributed by atoms with van der Waals surface area (Å²) < 4.78 is 27.6. The van der Waals surface area contributed by atoms with Crippen LogP contribution >= 0.6 is 23.1 Å². The zero-order valence-corrected chi connectivity index (χ0v) is 13.9. The fourth-order valence-corrected chi connectivity index (χ4v) is 3.17. The van der Waals surface area contributed by atoms with Crippen LogP contribution < -0.4 is 5.32 Å². The van der Waals surface area contributed by atoms with Crippen molar-refractivity contribution in [3.05, 3.63) is 35.4 Å². The fourth-order valence-electron chi connectivity index (χ4n) is 1.41. The Kier molecular flexibility index (Phi) is 5.12. The number of nitrogens with one attached hydrogen (secondary N) is 1. The average Bonchev–Trinajstić information content (AvgIpc) is 2.84. The number of carbonyl (C=O) groups is 1. The lowest BCUT2D eigenvalue weighted by molar-refractivity contribution is -0.123. The molecule has 1 N–H and O–H groups in total. The van der Waals surface area contributed by atoms with Crippen molar-refractivity contribution in [3.63, 3.8) is 0 Å². The highest BCUT2D eigenvalue weighted by molar-refractivity contribution is 8.00. The summed E-state index contributed by atoms with van der Waals surface area (Å²) in [6.45, 7) is 5.37. The number of nitrogens with zero attached hydrogens (tertiary/aromatic N) is 2. The Balaban J connectivity index is 2.00. The molecule has 0 saturated heterocycles. The molecular formula is C14H15F2N3OS2. The topological polar surface area (TPSA) is 54.9 Å². The largest absolute Gasteiger partial charge is 0.300 e. The Morgan fingerprint density at radius 2 is 1.91 bits per heavy atom. The van der Waals surface area contributed by atoms with Gasteiger partial charge in [-0.2, -0.15) is 0 Å². The normalized spacial score (nSPS) is 11.5. The van der Waals surface area contributed by atoms with Crippen LogP contribution in [0.2, 0.25) is 0 Å². The van der Waals surface area contributed by atoms with E-state index < -0.39 is 17.0 Å². The van der Waals surface area contributed by atoms with Gasteiger partial charge in [0.15, 0.2) is 4.34 Å². The maximum absolute atomic E-state index is 13.5. The zero-order chi connectivity index (χ0) is 16.3. The molecule has 2 aromatic rings. The molecule has 8 heteroatoms. The molecule has 0 radical (unpaired) electrons. The van der Waals surface area contributed by atoms with E-state index in [1.165, 1.54) is 41.3 Å². The van der Waals surface area contributed by atoms with Gasteiger partial charge in [-0.25, -0.2) is 8.78 Å². The molecule has 118 valence electrons. The number of carbonyl (C=O) groups excluding carboxylic acids is 1. The van der Waals surface area contributed by atoms with Crippen molar-refractivity contribution in [3.8, 4) is 0 Å². The summed E-state index contributed by atoms with van der Waals surface area (Å²) in [4.78, 5) is 11.8. The quantitative estimate of drug-likeness (QED) is 0.671. The molecule has 0 saturated carbocycles. The van der Waals surface area contributed by atoms with Crippen LogP contribution in [0.5, 0.6) is 0 Å². The molecule has 1 aromatic heterocycles. The summed E-state index contributed by atoms with van der Waals surface area (Å²) in [6, 6.07) is 3.76. The van der Waals surface area contributed by atoms with E-state index in [-0.39, 0.29) is 17.2 Å². The molecule has 0 aliphatic rings. The van der Waals surface area contributed by atoms with Crippen LogP contribution in [0.15, 0.2) is 22.5 Å². The Morgan fingerprint density at radius 3 is 2.50 bits per heavy atom. The van der Waals surface area contributed by atoms with E-state index in [1.54, 1.807) is 20.8 Å².